The molecule has 0 amide bonds. The highest BCUT2D eigenvalue weighted by molar-refractivity contribution is 7.92. The van der Waals surface area contributed by atoms with Crippen LogP contribution in [-0.2, 0) is 11.4 Å². The van der Waals surface area contributed by atoms with Crippen LogP contribution in [0.3, 0.4) is 0 Å². The predicted molar refractivity (Wildman–Crippen MR) is 108 cm³/mol. The van der Waals surface area contributed by atoms with Gasteiger partial charge in [-0.15, -0.1) is 0 Å². The molecule has 1 aliphatic carbocycles. The lowest BCUT2D eigenvalue weighted by molar-refractivity contribution is 0.0696. The molecule has 1 saturated carbocycles. The van der Waals surface area contributed by atoms with E-state index < -0.39 is 23.1 Å². The van der Waals surface area contributed by atoms with E-state index in [0.717, 1.165) is 18.4 Å². The van der Waals surface area contributed by atoms with E-state index in [0.29, 0.717) is 16.2 Å². The van der Waals surface area contributed by atoms with Crippen LogP contribution in [0.2, 0.25) is 0 Å². The van der Waals surface area contributed by atoms with E-state index in [1.165, 1.54) is 35.8 Å². The first-order chi connectivity index (χ1) is 14.0. The van der Waals surface area contributed by atoms with Crippen LogP contribution < -0.4 is 4.72 Å². The van der Waals surface area contributed by atoms with Gasteiger partial charge in [0.25, 0.3) is 0 Å². The Morgan fingerprint density at radius 2 is 2.14 bits per heavy atom. The van der Waals surface area contributed by atoms with Gasteiger partial charge in [0.2, 0.25) is 0 Å². The van der Waals surface area contributed by atoms with E-state index in [4.69, 9.17) is 5.26 Å². The molecule has 0 radical (unpaired) electrons. The molecule has 1 fully saturated rings. The molecule has 6 nitrogen and oxygen atoms in total. The summed E-state index contributed by atoms with van der Waals surface area (Å²) in [6.45, 7) is 0. The van der Waals surface area contributed by atoms with Crippen molar-refractivity contribution in [3.8, 4) is 17.3 Å². The van der Waals surface area contributed by atoms with Crippen molar-refractivity contribution in [2.24, 2.45) is 0 Å². The zero-order valence-electron chi connectivity index (χ0n) is 14.9. The van der Waals surface area contributed by atoms with E-state index >= 15 is 0 Å². The largest absolute Gasteiger partial charge is 0.588 e. The fourth-order valence-corrected chi connectivity index (χ4v) is 4.71. The molecule has 1 heterocycles. The second kappa shape index (κ2) is 7.83. The average molecular weight is 427 g/mol. The van der Waals surface area contributed by atoms with Crippen molar-refractivity contribution in [1.29, 1.82) is 5.26 Å². The Morgan fingerprint density at radius 1 is 1.34 bits per heavy atom. The van der Waals surface area contributed by atoms with Crippen molar-refractivity contribution in [2.75, 3.05) is 4.72 Å². The summed E-state index contributed by atoms with van der Waals surface area (Å²) in [5.41, 5.74) is 1.83. The number of nitrogens with zero attached hydrogens (tertiary/aromatic N) is 2. The molecule has 4 rings (SSSR count). The Bertz CT molecular complexity index is 1120. The molecule has 1 unspecified atom stereocenters. The minimum Gasteiger partial charge on any atom is -0.588 e. The smallest absolute Gasteiger partial charge is 0.335 e. The van der Waals surface area contributed by atoms with Gasteiger partial charge in [-0.2, -0.15) is 9.64 Å². The van der Waals surface area contributed by atoms with Gasteiger partial charge in [0, 0.05) is 22.6 Å². The van der Waals surface area contributed by atoms with Crippen molar-refractivity contribution in [3.05, 3.63) is 64.3 Å². The van der Waals surface area contributed by atoms with Crippen molar-refractivity contribution in [1.82, 2.24) is 4.37 Å². The minimum absolute atomic E-state index is 0.0381. The van der Waals surface area contributed by atoms with Crippen molar-refractivity contribution in [3.63, 3.8) is 0 Å². The lowest BCUT2D eigenvalue weighted by Crippen LogP contribution is -2.17. The summed E-state index contributed by atoms with van der Waals surface area (Å²) in [6, 6.07) is 10.5. The van der Waals surface area contributed by atoms with Gasteiger partial charge in [-0.1, -0.05) is 6.07 Å². The third-order valence-corrected chi connectivity index (χ3v) is 6.34. The molecular weight excluding hydrogens is 413 g/mol. The Morgan fingerprint density at radius 3 is 2.76 bits per heavy atom. The first kappa shape index (κ1) is 19.4. The molecular formula is C20H14FN3O3S2. The number of aromatic carboxylic acids is 1. The number of aromatic nitrogens is 1. The van der Waals surface area contributed by atoms with E-state index in [2.05, 4.69) is 9.10 Å². The minimum atomic E-state index is -1.81. The van der Waals surface area contributed by atoms with Gasteiger partial charge in [-0.05, 0) is 54.6 Å². The summed E-state index contributed by atoms with van der Waals surface area (Å²) >= 11 is -0.624. The monoisotopic (exact) mass is 427 g/mol. The quantitative estimate of drug-likeness (QED) is 0.560. The highest BCUT2D eigenvalue weighted by Crippen LogP contribution is 2.43. The number of halogens is 1. The molecule has 29 heavy (non-hydrogen) atoms. The van der Waals surface area contributed by atoms with E-state index in [1.807, 2.05) is 0 Å². The second-order valence-corrected chi connectivity index (χ2v) is 8.42. The lowest BCUT2D eigenvalue weighted by Gasteiger charge is -2.17. The zero-order chi connectivity index (χ0) is 20.5. The van der Waals surface area contributed by atoms with E-state index in [1.54, 1.807) is 23.6 Å². The number of hydrogen-bond donors (Lipinski definition) is 2. The number of rotatable bonds is 6. The maximum atomic E-state index is 14.2. The van der Waals surface area contributed by atoms with Gasteiger partial charge < -0.3 is 9.66 Å². The van der Waals surface area contributed by atoms with E-state index in [9.17, 15) is 18.8 Å². The van der Waals surface area contributed by atoms with Crippen LogP contribution in [0.25, 0.3) is 11.3 Å². The molecule has 3 aromatic rings. The maximum absolute atomic E-state index is 14.2. The van der Waals surface area contributed by atoms with Crippen molar-refractivity contribution >= 4 is 34.6 Å². The topological polar surface area (TPSA) is 109 Å². The Kier molecular flexibility index (Phi) is 5.24. The number of anilines is 1. The van der Waals surface area contributed by atoms with Gasteiger partial charge in [-0.25, -0.2) is 13.9 Å². The summed E-state index contributed by atoms with van der Waals surface area (Å²) in [6.07, 6.45) is 1.91. The van der Waals surface area contributed by atoms with Crippen LogP contribution >= 0.6 is 11.5 Å². The Hall–Kier alpha value is -2.93. The molecule has 2 N–H and O–H groups in total. The van der Waals surface area contributed by atoms with E-state index in [-0.39, 0.29) is 22.7 Å². The Labute approximate surface area is 173 Å². The van der Waals surface area contributed by atoms with Gasteiger partial charge in [-0.3, -0.25) is 0 Å². The summed E-state index contributed by atoms with van der Waals surface area (Å²) in [5.74, 6) is -1.56. The van der Waals surface area contributed by atoms with Crippen LogP contribution in [0.1, 0.15) is 40.2 Å². The van der Waals surface area contributed by atoms with Crippen LogP contribution in [0.4, 0.5) is 10.1 Å². The van der Waals surface area contributed by atoms with Crippen LogP contribution in [0.15, 0.2) is 46.7 Å². The molecule has 0 spiro atoms. The molecule has 0 saturated heterocycles. The molecule has 0 aliphatic heterocycles. The molecule has 1 aromatic heterocycles. The molecule has 0 bridgehead atoms. The fraction of sp³-hybridized carbons (Fsp3) is 0.150. The molecule has 146 valence electrons. The first-order valence-electron chi connectivity index (χ1n) is 8.68. The number of carboxylic acid groups (broad SMARTS) is 1. The van der Waals surface area contributed by atoms with Gasteiger partial charge in [0.1, 0.15) is 23.2 Å². The fourth-order valence-electron chi connectivity index (χ4n) is 3.02. The summed E-state index contributed by atoms with van der Waals surface area (Å²) in [7, 11) is 0. The predicted octanol–water partition coefficient (Wildman–Crippen LogP) is 4.53. The molecule has 9 heteroatoms. The van der Waals surface area contributed by atoms with Crippen LogP contribution in [0, 0.1) is 17.1 Å². The summed E-state index contributed by atoms with van der Waals surface area (Å²) < 4.78 is 34.4. The molecule has 2 aromatic carbocycles. The number of carbonyl (C=O) groups is 1. The molecule has 1 aliphatic rings. The highest BCUT2D eigenvalue weighted by Gasteiger charge is 2.32. The lowest BCUT2D eigenvalue weighted by atomic mass is 10.1. The number of nitrogens with one attached hydrogen (secondary N) is 1. The number of nitriles is 1. The normalized spacial score (nSPS) is 14.2. The third kappa shape index (κ3) is 3.96. The highest BCUT2D eigenvalue weighted by atomic mass is 32.2. The second-order valence-electron chi connectivity index (χ2n) is 6.58. The SMILES string of the molecule is N#Cc1cc(N[S+]([O-])c2cc(C(=O)O)ccc2C2CC2)c(-c2ccsn2)cc1F. The average Bonchev–Trinajstić information content (AvgIpc) is 3.42. The van der Waals surface area contributed by atoms with Crippen LogP contribution in [-0.4, -0.2) is 20.0 Å². The number of carboxylic acids is 1. The van der Waals surface area contributed by atoms with Crippen molar-refractivity contribution in [2.45, 2.75) is 23.7 Å². The number of benzene rings is 2. The third-order valence-electron chi connectivity index (χ3n) is 4.62. The zero-order valence-corrected chi connectivity index (χ0v) is 16.5. The standard InChI is InChI=1S/C20H14FN3O3S2/c21-16-9-15(17-5-6-28-23-17)18(7-13(16)10-22)24-29(27)19-8-12(20(25)26)3-4-14(19)11-1-2-11/h3-9,11,24H,1-2H2,(H,25,26). The van der Waals surface area contributed by atoms with Gasteiger partial charge in [0.15, 0.2) is 4.90 Å². The molecule has 1 atom stereocenters. The maximum Gasteiger partial charge on any atom is 0.335 e. The van der Waals surface area contributed by atoms with Gasteiger partial charge in [0.05, 0.1) is 22.5 Å². The van der Waals surface area contributed by atoms with Gasteiger partial charge >= 0.3 is 5.97 Å². The Balaban J connectivity index is 1.75. The summed E-state index contributed by atoms with van der Waals surface area (Å²) in [4.78, 5) is 11.7. The number of hydrogen-bond acceptors (Lipinski definition) is 6. The summed E-state index contributed by atoms with van der Waals surface area (Å²) in [5, 5.41) is 20.2. The van der Waals surface area contributed by atoms with Crippen LogP contribution in [0.5, 0.6) is 0 Å². The van der Waals surface area contributed by atoms with Crippen molar-refractivity contribution < 1.29 is 18.8 Å². The first-order valence-corrected chi connectivity index (χ1v) is 10.7.